The van der Waals surface area contributed by atoms with Crippen LogP contribution >= 0.6 is 0 Å². The number of aryl methyl sites for hydroxylation is 1. The maximum atomic E-state index is 13.6. The van der Waals surface area contributed by atoms with Gasteiger partial charge in [-0.05, 0) is 75.7 Å². The van der Waals surface area contributed by atoms with E-state index in [1.165, 1.54) is 12.8 Å². The number of carbonyl (C=O) groups excluding carboxylic acids is 2. The first-order valence-corrected chi connectivity index (χ1v) is 15.5. The number of fused-ring (bicyclic) bond motifs is 1. The van der Waals surface area contributed by atoms with Crippen LogP contribution in [0.4, 0.5) is 11.4 Å². The Morgan fingerprint density at radius 1 is 1.12 bits per heavy atom. The van der Waals surface area contributed by atoms with Crippen molar-refractivity contribution in [3.63, 3.8) is 0 Å². The average molecular weight is 567 g/mol. The van der Waals surface area contributed by atoms with Crippen LogP contribution in [0, 0.1) is 0 Å². The zero-order valence-electron chi connectivity index (χ0n) is 24.8. The Bertz CT molecular complexity index is 1210. The zero-order chi connectivity index (χ0) is 28.7. The third kappa shape index (κ3) is 5.30. The first kappa shape index (κ1) is 28.0. The summed E-state index contributed by atoms with van der Waals surface area (Å²) in [6, 6.07) is 4.63. The van der Waals surface area contributed by atoms with Crippen molar-refractivity contribution in [3.8, 4) is 5.75 Å². The fourth-order valence-electron chi connectivity index (χ4n) is 7.46. The molecular weight excluding hydrogens is 520 g/mol. The number of amides is 2. The molecule has 1 saturated carbocycles. The number of anilines is 2. The Hall–Kier alpha value is -3.18. The lowest BCUT2D eigenvalue weighted by molar-refractivity contribution is -0.123. The lowest BCUT2D eigenvalue weighted by Gasteiger charge is -2.52. The minimum atomic E-state index is -1.45. The number of nitrogens with one attached hydrogen (secondary N) is 3. The monoisotopic (exact) mass is 566 g/mol. The van der Waals surface area contributed by atoms with Crippen molar-refractivity contribution in [1.29, 1.82) is 0 Å². The molecule has 2 fully saturated rings. The SMILES string of the molecule is CCC1CN(C)C2=C(N[C@@](N)(Nc3cc4c(cc3OC)CCCN4C(=O)CN3CCCC3)NC2=O)N1C1CCCC1. The number of nitrogens with two attached hydrogens (primary N) is 1. The van der Waals surface area contributed by atoms with E-state index >= 15 is 0 Å². The minimum absolute atomic E-state index is 0.119. The molecule has 2 atom stereocenters. The lowest BCUT2D eigenvalue weighted by atomic mass is 10.00. The third-order valence-corrected chi connectivity index (χ3v) is 9.48. The summed E-state index contributed by atoms with van der Waals surface area (Å²) < 4.78 is 5.79. The van der Waals surface area contributed by atoms with E-state index in [-0.39, 0.29) is 17.9 Å². The molecule has 0 aromatic heterocycles. The van der Waals surface area contributed by atoms with E-state index in [0.29, 0.717) is 36.3 Å². The van der Waals surface area contributed by atoms with Crippen LogP contribution in [0.3, 0.4) is 0 Å². The topological polar surface area (TPSA) is 118 Å². The van der Waals surface area contributed by atoms with Gasteiger partial charge in [0.2, 0.25) is 11.8 Å². The summed E-state index contributed by atoms with van der Waals surface area (Å²) in [6.45, 7) is 6.08. The molecule has 5 N–H and O–H groups in total. The van der Waals surface area contributed by atoms with E-state index < -0.39 is 5.91 Å². The van der Waals surface area contributed by atoms with Gasteiger partial charge in [-0.2, -0.15) is 0 Å². The van der Waals surface area contributed by atoms with Crippen LogP contribution in [0.1, 0.15) is 63.9 Å². The Morgan fingerprint density at radius 2 is 1.88 bits per heavy atom. The molecule has 2 amide bonds. The Labute approximate surface area is 243 Å². The number of nitrogens with zero attached hydrogens (tertiary/aromatic N) is 4. The van der Waals surface area contributed by atoms with Crippen molar-refractivity contribution in [2.75, 3.05) is 57.1 Å². The highest BCUT2D eigenvalue weighted by Crippen LogP contribution is 2.39. The Balaban J connectivity index is 1.30. The highest BCUT2D eigenvalue weighted by atomic mass is 16.5. The van der Waals surface area contributed by atoms with Crippen LogP contribution in [-0.2, 0) is 16.0 Å². The molecule has 1 saturated heterocycles. The molecule has 11 heteroatoms. The van der Waals surface area contributed by atoms with Gasteiger partial charge in [-0.1, -0.05) is 19.8 Å². The summed E-state index contributed by atoms with van der Waals surface area (Å²) in [5, 5.41) is 9.84. The second-order valence-corrected chi connectivity index (χ2v) is 12.3. The fraction of sp³-hybridized carbons (Fsp3) is 0.667. The number of hydrogen-bond donors (Lipinski definition) is 4. The quantitative estimate of drug-likeness (QED) is 0.367. The highest BCUT2D eigenvalue weighted by molar-refractivity contribution is 5.97. The van der Waals surface area contributed by atoms with Gasteiger partial charge >= 0.3 is 0 Å². The number of likely N-dealkylation sites (tertiary alicyclic amines) is 1. The van der Waals surface area contributed by atoms with Gasteiger partial charge in [0.25, 0.3) is 5.91 Å². The molecule has 1 aromatic carbocycles. The number of benzene rings is 1. The summed E-state index contributed by atoms with van der Waals surface area (Å²) in [7, 11) is 3.61. The van der Waals surface area contributed by atoms with Crippen molar-refractivity contribution in [1.82, 2.24) is 25.3 Å². The molecule has 4 heterocycles. The number of ether oxygens (including phenoxy) is 1. The van der Waals surface area contributed by atoms with Gasteiger partial charge in [0.15, 0.2) is 0 Å². The van der Waals surface area contributed by atoms with Gasteiger partial charge in [-0.25, -0.2) is 0 Å². The molecule has 11 nitrogen and oxygen atoms in total. The van der Waals surface area contributed by atoms with Crippen LogP contribution in [0.25, 0.3) is 0 Å². The molecule has 5 aliphatic rings. The highest BCUT2D eigenvalue weighted by Gasteiger charge is 2.46. The van der Waals surface area contributed by atoms with Gasteiger partial charge in [0.1, 0.15) is 17.3 Å². The van der Waals surface area contributed by atoms with E-state index in [1.807, 2.05) is 29.0 Å². The van der Waals surface area contributed by atoms with Crippen LogP contribution in [0.2, 0.25) is 0 Å². The van der Waals surface area contributed by atoms with E-state index in [2.05, 4.69) is 32.7 Å². The maximum absolute atomic E-state index is 13.6. The predicted octanol–water partition coefficient (Wildman–Crippen LogP) is 1.91. The zero-order valence-corrected chi connectivity index (χ0v) is 24.8. The molecule has 0 radical (unpaired) electrons. The molecular formula is C30H46N8O3. The second kappa shape index (κ2) is 11.2. The van der Waals surface area contributed by atoms with Crippen LogP contribution in [0.5, 0.6) is 5.75 Å². The molecule has 224 valence electrons. The van der Waals surface area contributed by atoms with Crippen molar-refractivity contribution in [2.45, 2.75) is 82.7 Å². The molecule has 0 bridgehead atoms. The van der Waals surface area contributed by atoms with E-state index in [4.69, 9.17) is 10.5 Å². The number of methoxy groups -OCH3 is 1. The fourth-order valence-corrected chi connectivity index (χ4v) is 7.46. The maximum Gasteiger partial charge on any atom is 0.275 e. The molecule has 1 unspecified atom stereocenters. The van der Waals surface area contributed by atoms with Crippen molar-refractivity contribution < 1.29 is 14.3 Å². The molecule has 0 spiro atoms. The smallest absolute Gasteiger partial charge is 0.275 e. The Morgan fingerprint density at radius 3 is 2.59 bits per heavy atom. The second-order valence-electron chi connectivity index (χ2n) is 12.3. The van der Waals surface area contributed by atoms with E-state index in [9.17, 15) is 9.59 Å². The van der Waals surface area contributed by atoms with E-state index in [1.54, 1.807) is 7.11 Å². The van der Waals surface area contributed by atoms with Gasteiger partial charge in [-0.3, -0.25) is 25.5 Å². The first-order chi connectivity index (χ1) is 19.8. The molecule has 1 aliphatic carbocycles. The summed E-state index contributed by atoms with van der Waals surface area (Å²) in [4.78, 5) is 35.6. The standard InChI is InChI=1S/C30H46N8O3/c1-4-21-18-35(2)27-28(38(21)22-11-5-6-12-22)33-30(31,34-29(27)40)32-23-17-24-20(16-25(23)41-3)10-9-15-37(24)26(39)19-36-13-7-8-14-36/h16-17,21-22,32-33H,4-15,18-19,31H2,1-3H3,(H,34,40)/t21?,30-/m1/s1. The molecule has 6 rings (SSSR count). The van der Waals surface area contributed by atoms with Gasteiger partial charge in [-0.15, -0.1) is 0 Å². The number of carbonyl (C=O) groups is 2. The van der Waals surface area contributed by atoms with Gasteiger partial charge < -0.3 is 30.1 Å². The number of rotatable bonds is 7. The first-order valence-electron chi connectivity index (χ1n) is 15.5. The molecule has 4 aliphatic heterocycles. The van der Waals surface area contributed by atoms with E-state index in [0.717, 1.165) is 81.7 Å². The lowest BCUT2D eigenvalue weighted by Crippen LogP contribution is -2.76. The predicted molar refractivity (Wildman–Crippen MR) is 159 cm³/mol. The largest absolute Gasteiger partial charge is 0.495 e. The summed E-state index contributed by atoms with van der Waals surface area (Å²) in [6.07, 6.45) is 9.70. The van der Waals surface area contributed by atoms with Gasteiger partial charge in [0, 0.05) is 37.9 Å². The molecule has 1 aromatic rings. The van der Waals surface area contributed by atoms with Crippen molar-refractivity contribution >= 4 is 23.2 Å². The van der Waals surface area contributed by atoms with Crippen molar-refractivity contribution in [2.24, 2.45) is 5.73 Å². The van der Waals surface area contributed by atoms with Crippen LogP contribution < -0.4 is 31.3 Å². The van der Waals surface area contributed by atoms with Crippen LogP contribution in [0.15, 0.2) is 23.7 Å². The van der Waals surface area contributed by atoms with Crippen molar-refractivity contribution in [3.05, 3.63) is 29.2 Å². The third-order valence-electron chi connectivity index (χ3n) is 9.48. The average Bonchev–Trinajstić information content (AvgIpc) is 3.66. The summed E-state index contributed by atoms with van der Waals surface area (Å²) >= 11 is 0. The Kier molecular flexibility index (Phi) is 7.67. The molecule has 41 heavy (non-hydrogen) atoms. The summed E-state index contributed by atoms with van der Waals surface area (Å²) in [5.74, 6) is -0.140. The minimum Gasteiger partial charge on any atom is -0.495 e. The van der Waals surface area contributed by atoms with Gasteiger partial charge in [0.05, 0.1) is 19.3 Å². The van der Waals surface area contributed by atoms with Crippen LogP contribution in [-0.4, -0.2) is 91.4 Å². The number of likely N-dealkylation sites (N-methyl/N-ethyl adjacent to an activating group) is 1. The normalized spacial score (nSPS) is 27.0. The number of hydrogen-bond acceptors (Lipinski definition) is 9. The summed E-state index contributed by atoms with van der Waals surface area (Å²) in [5.41, 5.74) is 10.1.